The molecule has 1 N–H and O–H groups in total. The van der Waals surface area contributed by atoms with Crippen LogP contribution in [0.5, 0.6) is 0 Å². The van der Waals surface area contributed by atoms with Crippen LogP contribution in [0, 0.1) is 0 Å². The fourth-order valence-corrected chi connectivity index (χ4v) is 4.38. The zero-order valence-electron chi connectivity index (χ0n) is 17.2. The van der Waals surface area contributed by atoms with Crippen LogP contribution < -0.4 is 0 Å². The van der Waals surface area contributed by atoms with E-state index in [2.05, 4.69) is 0 Å². The van der Waals surface area contributed by atoms with Crippen molar-refractivity contribution in [2.24, 2.45) is 0 Å². The Balaban J connectivity index is 1.69. The van der Waals surface area contributed by atoms with E-state index in [0.29, 0.717) is 17.0 Å². The SMILES string of the molecule is O=C(O)N1CCOCC1[C@@H](C(=O)N1C(=O)OC[C@H]1Cc1ccccc1)c1ccc(Cl)cc1. The average molecular weight is 459 g/mol. The molecule has 0 radical (unpaired) electrons. The molecular formula is C23H23ClN2O6. The molecule has 0 bridgehead atoms. The standard InChI is InChI=1S/C23H23ClN2O6/c24-17-8-6-16(7-9-17)20(19-14-31-11-10-25(19)22(28)29)21(27)26-18(13-32-23(26)30)12-15-4-2-1-3-5-15/h1-9,18-20H,10-14H2,(H,28,29)/t18-,19?,20+/m1/s1. The maximum Gasteiger partial charge on any atom is 0.417 e. The Kier molecular flexibility index (Phi) is 6.62. The van der Waals surface area contributed by atoms with Crippen LogP contribution in [0.2, 0.25) is 5.02 Å². The van der Waals surface area contributed by atoms with Crippen LogP contribution in [0.25, 0.3) is 0 Å². The summed E-state index contributed by atoms with van der Waals surface area (Å²) in [7, 11) is 0. The van der Waals surface area contributed by atoms with Crippen molar-refractivity contribution in [1.82, 2.24) is 9.80 Å². The highest BCUT2D eigenvalue weighted by molar-refractivity contribution is 6.30. The van der Waals surface area contributed by atoms with Gasteiger partial charge in [-0.3, -0.25) is 9.69 Å². The molecule has 3 amide bonds. The second-order valence-corrected chi connectivity index (χ2v) is 8.21. The van der Waals surface area contributed by atoms with Gasteiger partial charge >= 0.3 is 12.2 Å². The molecule has 2 aliphatic heterocycles. The summed E-state index contributed by atoms with van der Waals surface area (Å²) in [5, 5.41) is 10.2. The molecule has 2 aromatic carbocycles. The summed E-state index contributed by atoms with van der Waals surface area (Å²) in [6.45, 7) is 0.496. The first-order chi connectivity index (χ1) is 15.5. The van der Waals surface area contributed by atoms with Gasteiger partial charge in [0.25, 0.3) is 0 Å². The molecular weight excluding hydrogens is 436 g/mol. The Bertz CT molecular complexity index is 984. The minimum atomic E-state index is -1.14. The van der Waals surface area contributed by atoms with Gasteiger partial charge in [-0.2, -0.15) is 0 Å². The highest BCUT2D eigenvalue weighted by atomic mass is 35.5. The molecule has 3 atom stereocenters. The number of amides is 3. The first kappa shape index (κ1) is 22.1. The van der Waals surface area contributed by atoms with E-state index in [1.165, 1.54) is 4.90 Å². The van der Waals surface area contributed by atoms with Crippen molar-refractivity contribution >= 4 is 29.7 Å². The maximum atomic E-state index is 13.8. The van der Waals surface area contributed by atoms with Crippen LogP contribution in [-0.4, -0.2) is 71.4 Å². The molecule has 4 rings (SSSR count). The van der Waals surface area contributed by atoms with Crippen LogP contribution in [0.15, 0.2) is 54.6 Å². The summed E-state index contributed by atoms with van der Waals surface area (Å²) in [6, 6.07) is 14.8. The van der Waals surface area contributed by atoms with Gasteiger partial charge in [0.15, 0.2) is 0 Å². The van der Waals surface area contributed by atoms with Crippen LogP contribution >= 0.6 is 11.6 Å². The van der Waals surface area contributed by atoms with Gasteiger partial charge in [0.1, 0.15) is 6.61 Å². The van der Waals surface area contributed by atoms with E-state index in [4.69, 9.17) is 21.1 Å². The third kappa shape index (κ3) is 4.56. The first-order valence-electron chi connectivity index (χ1n) is 10.3. The zero-order valence-corrected chi connectivity index (χ0v) is 18.0. The van der Waals surface area contributed by atoms with Gasteiger partial charge in [-0.1, -0.05) is 54.1 Å². The first-order valence-corrected chi connectivity index (χ1v) is 10.7. The molecule has 168 valence electrons. The highest BCUT2D eigenvalue weighted by Gasteiger charge is 2.46. The van der Waals surface area contributed by atoms with Crippen molar-refractivity contribution < 1.29 is 29.0 Å². The maximum absolute atomic E-state index is 13.8. The average Bonchev–Trinajstić information content (AvgIpc) is 3.16. The number of ether oxygens (including phenoxy) is 2. The molecule has 32 heavy (non-hydrogen) atoms. The minimum Gasteiger partial charge on any atom is -0.465 e. The Morgan fingerprint density at radius 1 is 1.09 bits per heavy atom. The predicted octanol–water partition coefficient (Wildman–Crippen LogP) is 3.39. The van der Waals surface area contributed by atoms with E-state index in [1.54, 1.807) is 24.3 Å². The smallest absolute Gasteiger partial charge is 0.417 e. The van der Waals surface area contributed by atoms with Gasteiger partial charge in [0.2, 0.25) is 5.91 Å². The Hall–Kier alpha value is -3.10. The van der Waals surface area contributed by atoms with E-state index in [-0.39, 0.29) is 26.4 Å². The molecule has 0 aliphatic carbocycles. The highest BCUT2D eigenvalue weighted by Crippen LogP contribution is 2.32. The fraction of sp³-hybridized carbons (Fsp3) is 0.348. The molecule has 2 heterocycles. The number of benzene rings is 2. The van der Waals surface area contributed by atoms with E-state index < -0.39 is 36.1 Å². The number of imide groups is 1. The number of morpholine rings is 1. The number of carbonyl (C=O) groups is 3. The lowest BCUT2D eigenvalue weighted by Gasteiger charge is -2.39. The molecule has 2 fully saturated rings. The van der Waals surface area contributed by atoms with Crippen LogP contribution in [0.4, 0.5) is 9.59 Å². The van der Waals surface area contributed by atoms with Gasteiger partial charge < -0.3 is 14.6 Å². The largest absolute Gasteiger partial charge is 0.465 e. The third-order valence-corrected chi connectivity index (χ3v) is 6.06. The number of carboxylic acid groups (broad SMARTS) is 1. The van der Waals surface area contributed by atoms with Gasteiger partial charge in [-0.15, -0.1) is 0 Å². The minimum absolute atomic E-state index is 0.0393. The van der Waals surface area contributed by atoms with Crippen molar-refractivity contribution in [2.45, 2.75) is 24.4 Å². The molecule has 9 heteroatoms. The summed E-state index contributed by atoms with van der Waals surface area (Å²) in [6.07, 6.45) is -1.43. The molecule has 0 saturated carbocycles. The lowest BCUT2D eigenvalue weighted by atomic mass is 9.88. The van der Waals surface area contributed by atoms with Crippen molar-refractivity contribution in [3.63, 3.8) is 0 Å². The second kappa shape index (κ2) is 9.58. The van der Waals surface area contributed by atoms with Gasteiger partial charge in [0, 0.05) is 11.6 Å². The molecule has 2 aromatic rings. The normalized spacial score (nSPS) is 21.8. The van der Waals surface area contributed by atoms with Crippen molar-refractivity contribution in [3.8, 4) is 0 Å². The van der Waals surface area contributed by atoms with E-state index >= 15 is 0 Å². The topological polar surface area (TPSA) is 96.4 Å². The third-order valence-electron chi connectivity index (χ3n) is 5.80. The lowest BCUT2D eigenvalue weighted by molar-refractivity contribution is -0.134. The number of hydrogen-bond donors (Lipinski definition) is 1. The van der Waals surface area contributed by atoms with Crippen molar-refractivity contribution in [3.05, 3.63) is 70.7 Å². The van der Waals surface area contributed by atoms with Gasteiger partial charge in [0.05, 0.1) is 31.2 Å². The number of rotatable bonds is 5. The second-order valence-electron chi connectivity index (χ2n) is 7.78. The van der Waals surface area contributed by atoms with Crippen molar-refractivity contribution in [1.29, 1.82) is 0 Å². The zero-order chi connectivity index (χ0) is 22.7. The number of cyclic esters (lactones) is 1. The summed E-state index contributed by atoms with van der Waals surface area (Å²) in [4.78, 5) is 40.7. The fourth-order valence-electron chi connectivity index (χ4n) is 4.25. The van der Waals surface area contributed by atoms with Gasteiger partial charge in [-0.05, 0) is 29.7 Å². The molecule has 8 nitrogen and oxygen atoms in total. The Morgan fingerprint density at radius 3 is 2.50 bits per heavy atom. The van der Waals surface area contributed by atoms with E-state index in [9.17, 15) is 19.5 Å². The molecule has 2 aliphatic rings. The molecule has 0 aromatic heterocycles. The summed E-state index contributed by atoms with van der Waals surface area (Å²) in [5.74, 6) is -1.47. The van der Waals surface area contributed by atoms with Crippen LogP contribution in [-0.2, 0) is 20.7 Å². The van der Waals surface area contributed by atoms with E-state index in [0.717, 1.165) is 10.5 Å². The lowest BCUT2D eigenvalue weighted by Crippen LogP contribution is -2.55. The van der Waals surface area contributed by atoms with Crippen molar-refractivity contribution in [2.75, 3.05) is 26.4 Å². The van der Waals surface area contributed by atoms with Crippen LogP contribution in [0.1, 0.15) is 17.0 Å². The van der Waals surface area contributed by atoms with E-state index in [1.807, 2.05) is 30.3 Å². The molecule has 0 spiro atoms. The van der Waals surface area contributed by atoms with Crippen LogP contribution in [0.3, 0.4) is 0 Å². The number of halogens is 1. The number of nitrogens with zero attached hydrogens (tertiary/aromatic N) is 2. The Morgan fingerprint density at radius 2 is 1.81 bits per heavy atom. The summed E-state index contributed by atoms with van der Waals surface area (Å²) in [5.41, 5.74) is 1.52. The van der Waals surface area contributed by atoms with Gasteiger partial charge in [-0.25, -0.2) is 14.5 Å². The monoisotopic (exact) mass is 458 g/mol. The number of hydrogen-bond acceptors (Lipinski definition) is 5. The summed E-state index contributed by atoms with van der Waals surface area (Å²) < 4.78 is 10.8. The Labute approximate surface area is 190 Å². The quantitative estimate of drug-likeness (QED) is 0.737. The molecule has 2 saturated heterocycles. The molecule has 1 unspecified atom stereocenters. The predicted molar refractivity (Wildman–Crippen MR) is 116 cm³/mol. The summed E-state index contributed by atoms with van der Waals surface area (Å²) >= 11 is 6.03. The number of carbonyl (C=O) groups excluding carboxylic acids is 2.